The van der Waals surface area contributed by atoms with Crippen molar-refractivity contribution in [2.24, 2.45) is 0 Å². The van der Waals surface area contributed by atoms with Crippen molar-refractivity contribution >= 4 is 12.2 Å². The molecule has 0 atom stereocenters. The molecule has 0 aliphatic rings. The Hall–Kier alpha value is -4.30. The van der Waals surface area contributed by atoms with Crippen LogP contribution in [0.5, 0.6) is 0 Å². The first kappa shape index (κ1) is 20.6. The van der Waals surface area contributed by atoms with Gasteiger partial charge in [-0.2, -0.15) is 4.57 Å². The zero-order chi connectivity index (χ0) is 22.3. The molecule has 5 aromatic rings. The minimum atomic E-state index is 0.788. The summed E-state index contributed by atoms with van der Waals surface area (Å²) in [6, 6.07) is 40.5. The van der Waals surface area contributed by atoms with Crippen LogP contribution in [0.25, 0.3) is 34.5 Å². The van der Waals surface area contributed by atoms with E-state index >= 15 is 0 Å². The van der Waals surface area contributed by atoms with E-state index in [1.165, 1.54) is 27.9 Å². The number of rotatable bonds is 6. The number of nitrogens with zero attached hydrogens (tertiary/aromatic N) is 2. The summed E-state index contributed by atoms with van der Waals surface area (Å²) in [7, 11) is 0. The molecule has 0 amide bonds. The highest BCUT2D eigenvalue weighted by Gasteiger charge is 2.20. The SMILES string of the molecule is C(=Cc1cc(-c2ccccc2)cc(-c2ccccc2)[n+]1Cc1ccccc1)c1ccncc1. The summed E-state index contributed by atoms with van der Waals surface area (Å²) in [5.41, 5.74) is 8.34. The van der Waals surface area contributed by atoms with Gasteiger partial charge in [0.05, 0.1) is 0 Å². The molecule has 5 rings (SSSR count). The van der Waals surface area contributed by atoms with Crippen LogP contribution in [-0.2, 0) is 6.54 Å². The molecule has 0 radical (unpaired) electrons. The summed E-state index contributed by atoms with van der Waals surface area (Å²) < 4.78 is 2.40. The molecule has 2 nitrogen and oxygen atoms in total. The zero-order valence-electron chi connectivity index (χ0n) is 18.4. The van der Waals surface area contributed by atoms with Crippen LogP contribution in [0.15, 0.2) is 128 Å². The van der Waals surface area contributed by atoms with E-state index in [-0.39, 0.29) is 0 Å². The average molecular weight is 426 g/mol. The molecular weight excluding hydrogens is 400 g/mol. The Morgan fingerprint density at radius 1 is 0.576 bits per heavy atom. The maximum atomic E-state index is 4.14. The molecule has 0 aliphatic carbocycles. The highest BCUT2D eigenvalue weighted by atomic mass is 15.0. The average Bonchev–Trinajstić information content (AvgIpc) is 2.90. The summed E-state index contributed by atoms with van der Waals surface area (Å²) in [5.74, 6) is 0. The van der Waals surface area contributed by atoms with E-state index in [0.29, 0.717) is 0 Å². The van der Waals surface area contributed by atoms with Gasteiger partial charge in [0.2, 0.25) is 11.4 Å². The van der Waals surface area contributed by atoms with Crippen molar-refractivity contribution in [1.29, 1.82) is 0 Å². The van der Waals surface area contributed by atoms with Gasteiger partial charge >= 0.3 is 0 Å². The second-order valence-electron chi connectivity index (χ2n) is 7.97. The molecule has 0 N–H and O–H groups in total. The van der Waals surface area contributed by atoms with Crippen molar-refractivity contribution in [1.82, 2.24) is 4.98 Å². The molecule has 0 saturated carbocycles. The van der Waals surface area contributed by atoms with Gasteiger partial charge in [-0.3, -0.25) is 4.98 Å². The molecule has 0 aliphatic heterocycles. The molecule has 0 fully saturated rings. The predicted molar refractivity (Wildman–Crippen MR) is 136 cm³/mol. The Bertz CT molecular complexity index is 1340. The summed E-state index contributed by atoms with van der Waals surface area (Å²) in [6.45, 7) is 0.788. The van der Waals surface area contributed by atoms with Crippen LogP contribution in [0.3, 0.4) is 0 Å². The smallest absolute Gasteiger partial charge is 0.213 e. The van der Waals surface area contributed by atoms with E-state index in [1.807, 2.05) is 24.5 Å². The number of aromatic nitrogens is 2. The van der Waals surface area contributed by atoms with E-state index in [4.69, 9.17) is 0 Å². The highest BCUT2D eigenvalue weighted by Crippen LogP contribution is 2.26. The number of pyridine rings is 2. The van der Waals surface area contributed by atoms with E-state index in [2.05, 4.69) is 125 Å². The molecule has 3 aromatic carbocycles. The van der Waals surface area contributed by atoms with Gasteiger partial charge in [0.15, 0.2) is 6.54 Å². The number of hydrogen-bond acceptors (Lipinski definition) is 1. The lowest BCUT2D eigenvalue weighted by Gasteiger charge is -2.11. The van der Waals surface area contributed by atoms with Gasteiger partial charge in [-0.1, -0.05) is 78.9 Å². The van der Waals surface area contributed by atoms with Crippen molar-refractivity contribution < 1.29 is 4.57 Å². The molecule has 2 heteroatoms. The third kappa shape index (κ3) is 4.97. The van der Waals surface area contributed by atoms with E-state index in [9.17, 15) is 0 Å². The van der Waals surface area contributed by atoms with Crippen molar-refractivity contribution in [2.45, 2.75) is 6.54 Å². The lowest BCUT2D eigenvalue weighted by atomic mass is 10.0. The topological polar surface area (TPSA) is 16.8 Å². The van der Waals surface area contributed by atoms with Gasteiger partial charge in [-0.15, -0.1) is 0 Å². The molecule has 2 heterocycles. The number of hydrogen-bond donors (Lipinski definition) is 0. The van der Waals surface area contributed by atoms with Crippen molar-refractivity contribution in [2.75, 3.05) is 0 Å². The van der Waals surface area contributed by atoms with Gasteiger partial charge in [0.25, 0.3) is 0 Å². The van der Waals surface area contributed by atoms with Gasteiger partial charge in [0, 0.05) is 41.7 Å². The van der Waals surface area contributed by atoms with Gasteiger partial charge in [-0.05, 0) is 47.0 Å². The maximum Gasteiger partial charge on any atom is 0.213 e. The Kier molecular flexibility index (Phi) is 6.17. The summed E-state index contributed by atoms with van der Waals surface area (Å²) >= 11 is 0. The molecule has 0 saturated heterocycles. The molecule has 0 bridgehead atoms. The third-order valence-electron chi connectivity index (χ3n) is 5.71. The Labute approximate surface area is 195 Å². The first-order chi connectivity index (χ1) is 16.4. The molecule has 158 valence electrons. The van der Waals surface area contributed by atoms with Crippen LogP contribution in [0.4, 0.5) is 0 Å². The van der Waals surface area contributed by atoms with Gasteiger partial charge < -0.3 is 0 Å². The monoisotopic (exact) mass is 425 g/mol. The Balaban J connectivity index is 1.72. The zero-order valence-corrected chi connectivity index (χ0v) is 18.4. The molecule has 0 unspecified atom stereocenters. The van der Waals surface area contributed by atoms with E-state index in [1.54, 1.807) is 0 Å². The van der Waals surface area contributed by atoms with Gasteiger partial charge in [-0.25, -0.2) is 0 Å². The van der Waals surface area contributed by atoms with E-state index in [0.717, 1.165) is 17.8 Å². The van der Waals surface area contributed by atoms with E-state index < -0.39 is 0 Å². The summed E-state index contributed by atoms with van der Waals surface area (Å²) in [4.78, 5) is 4.14. The van der Waals surface area contributed by atoms with Gasteiger partial charge in [0.1, 0.15) is 0 Å². The fraction of sp³-hybridized carbons (Fsp3) is 0.0323. The second-order valence-corrected chi connectivity index (χ2v) is 7.97. The van der Waals surface area contributed by atoms with Crippen LogP contribution in [0.2, 0.25) is 0 Å². The lowest BCUT2D eigenvalue weighted by Crippen LogP contribution is -2.40. The third-order valence-corrected chi connectivity index (χ3v) is 5.71. The van der Waals surface area contributed by atoms with Crippen molar-refractivity contribution in [3.05, 3.63) is 144 Å². The molecule has 0 spiro atoms. The minimum absolute atomic E-state index is 0.788. The summed E-state index contributed by atoms with van der Waals surface area (Å²) in [6.07, 6.45) is 8.01. The highest BCUT2D eigenvalue weighted by molar-refractivity contribution is 5.74. The van der Waals surface area contributed by atoms with Crippen LogP contribution in [-0.4, -0.2) is 4.98 Å². The van der Waals surface area contributed by atoms with Crippen LogP contribution < -0.4 is 4.57 Å². The second kappa shape index (κ2) is 9.88. The Morgan fingerprint density at radius 2 is 1.18 bits per heavy atom. The van der Waals surface area contributed by atoms with Crippen LogP contribution in [0.1, 0.15) is 16.8 Å². The first-order valence-corrected chi connectivity index (χ1v) is 11.2. The quantitative estimate of drug-likeness (QED) is 0.270. The fourth-order valence-corrected chi connectivity index (χ4v) is 4.03. The summed E-state index contributed by atoms with van der Waals surface area (Å²) in [5, 5.41) is 0. The number of benzene rings is 3. The van der Waals surface area contributed by atoms with Crippen LogP contribution in [0, 0.1) is 0 Å². The largest absolute Gasteiger partial charge is 0.265 e. The maximum absolute atomic E-state index is 4.14. The standard InChI is InChI=1S/C31H25N2/c1-4-10-26(11-5-1)24-33-30(17-16-25-18-20-32-21-19-25)22-29(27-12-6-2-7-13-27)23-31(33)28-14-8-3-9-15-28/h1-23H,24H2/q+1. The predicted octanol–water partition coefficient (Wildman–Crippen LogP) is 6.92. The van der Waals surface area contributed by atoms with Crippen molar-refractivity contribution in [3.63, 3.8) is 0 Å². The lowest BCUT2D eigenvalue weighted by molar-refractivity contribution is -0.679. The molecule has 2 aromatic heterocycles. The fourth-order valence-electron chi connectivity index (χ4n) is 4.03. The molecule has 33 heavy (non-hydrogen) atoms. The molecular formula is C31H25N2+. The first-order valence-electron chi connectivity index (χ1n) is 11.2. The normalized spacial score (nSPS) is 11.0. The van der Waals surface area contributed by atoms with Crippen LogP contribution >= 0.6 is 0 Å². The minimum Gasteiger partial charge on any atom is -0.265 e. The van der Waals surface area contributed by atoms with Crippen molar-refractivity contribution in [3.8, 4) is 22.4 Å². The Morgan fingerprint density at radius 3 is 1.85 bits per heavy atom.